The van der Waals surface area contributed by atoms with E-state index in [1.54, 1.807) is 13.0 Å². The van der Waals surface area contributed by atoms with E-state index in [-0.39, 0.29) is 18.1 Å². The molecule has 0 N–H and O–H groups in total. The molecule has 0 aromatic heterocycles. The highest BCUT2D eigenvalue weighted by Crippen LogP contribution is 2.37. The Morgan fingerprint density at radius 2 is 1.48 bits per heavy atom. The molecule has 23 heavy (non-hydrogen) atoms. The Balaban J connectivity index is 2.54. The highest BCUT2D eigenvalue weighted by molar-refractivity contribution is 5.54. The summed E-state index contributed by atoms with van der Waals surface area (Å²) in [4.78, 5) is 0. The second-order valence-corrected chi connectivity index (χ2v) is 4.48. The van der Waals surface area contributed by atoms with Gasteiger partial charge in [0.1, 0.15) is 0 Å². The normalized spacial score (nSPS) is 11.0. The fourth-order valence-corrected chi connectivity index (χ4v) is 1.95. The van der Waals surface area contributed by atoms with E-state index >= 15 is 0 Å². The van der Waals surface area contributed by atoms with Crippen molar-refractivity contribution in [2.75, 3.05) is 6.61 Å². The third-order valence-electron chi connectivity index (χ3n) is 2.95. The number of halogens is 4. The third kappa shape index (κ3) is 3.31. The average Bonchev–Trinajstić information content (AvgIpc) is 2.55. The van der Waals surface area contributed by atoms with E-state index in [1.165, 1.54) is 31.2 Å². The smallest absolute Gasteiger partial charge is 0.205 e. The molecular weight excluding hydrogens is 312 g/mol. The molecular formula is C17H14F4O2. The lowest BCUT2D eigenvalue weighted by molar-refractivity contribution is 0.309. The van der Waals surface area contributed by atoms with Gasteiger partial charge in [0, 0.05) is 0 Å². The fraction of sp³-hybridized carbons (Fsp3) is 0.176. The quantitative estimate of drug-likeness (QED) is 0.536. The van der Waals surface area contributed by atoms with Gasteiger partial charge in [0.2, 0.25) is 17.4 Å². The minimum Gasteiger partial charge on any atom is -0.490 e. The van der Waals surface area contributed by atoms with E-state index in [4.69, 9.17) is 9.47 Å². The highest BCUT2D eigenvalue weighted by atomic mass is 19.2. The van der Waals surface area contributed by atoms with Crippen LogP contribution in [-0.4, -0.2) is 6.61 Å². The molecule has 2 aromatic carbocycles. The van der Waals surface area contributed by atoms with Crippen LogP contribution in [0, 0.1) is 23.3 Å². The summed E-state index contributed by atoms with van der Waals surface area (Å²) in [6, 6.07) is 6.05. The first-order chi connectivity index (χ1) is 11.0. The third-order valence-corrected chi connectivity index (χ3v) is 2.95. The van der Waals surface area contributed by atoms with E-state index in [1.807, 2.05) is 0 Å². The molecule has 0 fully saturated rings. The molecule has 6 heteroatoms. The van der Waals surface area contributed by atoms with Crippen LogP contribution >= 0.6 is 0 Å². The van der Waals surface area contributed by atoms with Gasteiger partial charge in [-0.2, -0.15) is 8.78 Å². The zero-order valence-corrected chi connectivity index (χ0v) is 12.5. The van der Waals surface area contributed by atoms with Crippen molar-refractivity contribution in [1.29, 1.82) is 0 Å². The first-order valence-corrected chi connectivity index (χ1v) is 6.89. The van der Waals surface area contributed by atoms with Gasteiger partial charge in [-0.25, -0.2) is 8.78 Å². The van der Waals surface area contributed by atoms with Crippen molar-refractivity contribution >= 4 is 6.08 Å². The van der Waals surface area contributed by atoms with Crippen molar-refractivity contribution in [3.63, 3.8) is 0 Å². The number of allylic oxidation sites excluding steroid dienone is 1. The first kappa shape index (κ1) is 16.9. The topological polar surface area (TPSA) is 18.5 Å². The van der Waals surface area contributed by atoms with E-state index in [0.29, 0.717) is 0 Å². The molecule has 0 spiro atoms. The van der Waals surface area contributed by atoms with Gasteiger partial charge >= 0.3 is 0 Å². The van der Waals surface area contributed by atoms with Gasteiger partial charge in [-0.15, -0.1) is 0 Å². The first-order valence-electron chi connectivity index (χ1n) is 6.89. The molecule has 0 aliphatic rings. The minimum atomic E-state index is -1.61. The molecule has 0 atom stereocenters. The molecule has 0 bridgehead atoms. The number of para-hydroxylation sites is 2. The molecule has 122 valence electrons. The van der Waals surface area contributed by atoms with Gasteiger partial charge in [-0.05, 0) is 26.0 Å². The van der Waals surface area contributed by atoms with E-state index in [9.17, 15) is 17.6 Å². The van der Waals surface area contributed by atoms with Gasteiger partial charge in [0.05, 0.1) is 12.2 Å². The number of benzene rings is 2. The summed E-state index contributed by atoms with van der Waals surface area (Å²) in [6.07, 6.45) is 2.21. The second kappa shape index (κ2) is 7.17. The van der Waals surface area contributed by atoms with Crippen LogP contribution in [0.25, 0.3) is 6.08 Å². The molecule has 0 heterocycles. The molecule has 2 rings (SSSR count). The Kier molecular flexibility index (Phi) is 5.26. The summed E-state index contributed by atoms with van der Waals surface area (Å²) < 4.78 is 66.2. The summed E-state index contributed by atoms with van der Waals surface area (Å²) in [5.74, 6) is -7.26. The molecule has 0 aliphatic carbocycles. The highest BCUT2D eigenvalue weighted by Gasteiger charge is 2.26. The lowest BCUT2D eigenvalue weighted by atomic mass is 10.1. The predicted octanol–water partition coefficient (Wildman–Crippen LogP) is 5.47. The van der Waals surface area contributed by atoms with Crippen LogP contribution in [0.4, 0.5) is 17.6 Å². The Labute approximate surface area is 131 Å². The summed E-state index contributed by atoms with van der Waals surface area (Å²) >= 11 is 0. The zero-order chi connectivity index (χ0) is 17.0. The maximum Gasteiger partial charge on any atom is 0.205 e. The maximum absolute atomic E-state index is 14.0. The minimum absolute atomic E-state index is 0.0512. The fourth-order valence-electron chi connectivity index (χ4n) is 1.95. The molecule has 2 aromatic rings. The Hall–Kier alpha value is -2.50. The zero-order valence-electron chi connectivity index (χ0n) is 12.5. The van der Waals surface area contributed by atoms with Crippen LogP contribution in [-0.2, 0) is 0 Å². The van der Waals surface area contributed by atoms with Crippen molar-refractivity contribution in [3.05, 3.63) is 59.2 Å². The Bertz CT molecular complexity index is 713. The molecule has 0 saturated heterocycles. The summed E-state index contributed by atoms with van der Waals surface area (Å²) in [6.45, 7) is 3.47. The van der Waals surface area contributed by atoms with Crippen LogP contribution in [0.5, 0.6) is 17.2 Å². The monoisotopic (exact) mass is 326 g/mol. The van der Waals surface area contributed by atoms with Crippen LogP contribution in [0.15, 0.2) is 30.3 Å². The van der Waals surface area contributed by atoms with E-state index < -0.39 is 34.6 Å². The summed E-state index contributed by atoms with van der Waals surface area (Å²) in [5, 5.41) is 0. The van der Waals surface area contributed by atoms with Gasteiger partial charge < -0.3 is 9.47 Å². The van der Waals surface area contributed by atoms with Gasteiger partial charge in [-0.3, -0.25) is 0 Å². The van der Waals surface area contributed by atoms with E-state index in [0.717, 1.165) is 6.08 Å². The summed E-state index contributed by atoms with van der Waals surface area (Å²) in [5.41, 5.74) is -0.798. The summed E-state index contributed by atoms with van der Waals surface area (Å²) in [7, 11) is 0. The van der Waals surface area contributed by atoms with E-state index in [2.05, 4.69) is 0 Å². The van der Waals surface area contributed by atoms with Crippen molar-refractivity contribution in [1.82, 2.24) is 0 Å². The largest absolute Gasteiger partial charge is 0.490 e. The van der Waals surface area contributed by atoms with Gasteiger partial charge in [0.25, 0.3) is 0 Å². The van der Waals surface area contributed by atoms with Gasteiger partial charge in [-0.1, -0.05) is 24.3 Å². The Morgan fingerprint density at radius 1 is 0.913 bits per heavy atom. The molecule has 0 radical (unpaired) electrons. The molecule has 0 amide bonds. The molecule has 2 nitrogen and oxygen atoms in total. The predicted molar refractivity (Wildman–Crippen MR) is 78.7 cm³/mol. The number of hydrogen-bond acceptors (Lipinski definition) is 2. The number of hydrogen-bond donors (Lipinski definition) is 0. The average molecular weight is 326 g/mol. The van der Waals surface area contributed by atoms with Gasteiger partial charge in [0.15, 0.2) is 23.1 Å². The second-order valence-electron chi connectivity index (χ2n) is 4.48. The van der Waals surface area contributed by atoms with Crippen LogP contribution in [0.3, 0.4) is 0 Å². The standard InChI is InChI=1S/C17H14F4O2/c1-3-7-10-13(18)15(20)17(16(21)14(10)19)23-12-9-6-5-8-11(12)22-4-2/h3,5-9H,4H2,1-2H3. The number of ether oxygens (including phenoxy) is 2. The van der Waals surface area contributed by atoms with Crippen LogP contribution in [0.1, 0.15) is 19.4 Å². The molecule has 0 saturated carbocycles. The van der Waals surface area contributed by atoms with Crippen molar-refractivity contribution in [2.24, 2.45) is 0 Å². The SMILES string of the molecule is CC=Cc1c(F)c(F)c(Oc2ccccc2OCC)c(F)c1F. The van der Waals surface area contributed by atoms with Crippen molar-refractivity contribution in [3.8, 4) is 17.2 Å². The van der Waals surface area contributed by atoms with Crippen molar-refractivity contribution in [2.45, 2.75) is 13.8 Å². The van der Waals surface area contributed by atoms with Crippen LogP contribution < -0.4 is 9.47 Å². The molecule has 0 aliphatic heterocycles. The lowest BCUT2D eigenvalue weighted by Gasteiger charge is -2.14. The molecule has 0 unspecified atom stereocenters. The van der Waals surface area contributed by atoms with Crippen molar-refractivity contribution < 1.29 is 27.0 Å². The van der Waals surface area contributed by atoms with Crippen LogP contribution in [0.2, 0.25) is 0 Å². The maximum atomic E-state index is 14.0. The number of rotatable bonds is 5. The Morgan fingerprint density at radius 3 is 2.00 bits per heavy atom. The lowest BCUT2D eigenvalue weighted by Crippen LogP contribution is -2.04.